The highest BCUT2D eigenvalue weighted by Gasteiger charge is 2.39. The van der Waals surface area contributed by atoms with E-state index in [1.165, 1.54) is 167 Å². The molecule has 272 valence electrons. The van der Waals surface area contributed by atoms with E-state index in [9.17, 15) is 9.59 Å². The van der Waals surface area contributed by atoms with Crippen LogP contribution >= 0.6 is 0 Å². The van der Waals surface area contributed by atoms with E-state index in [4.69, 9.17) is 9.47 Å². The molecule has 1 aliphatic rings. The first-order valence-corrected chi connectivity index (χ1v) is 21.1. The lowest BCUT2D eigenvalue weighted by molar-refractivity contribution is -0.239. The predicted octanol–water partition coefficient (Wildman–Crippen LogP) is 14.3. The number of carbonyl (C=O) groups excluding carboxylic acids is 2. The van der Waals surface area contributed by atoms with Crippen molar-refractivity contribution in [3.05, 3.63) is 0 Å². The topological polar surface area (TPSA) is 52.6 Å². The Morgan fingerprint density at radius 2 is 0.609 bits per heavy atom. The zero-order valence-corrected chi connectivity index (χ0v) is 31.3. The highest BCUT2D eigenvalue weighted by Crippen LogP contribution is 2.34. The van der Waals surface area contributed by atoms with Gasteiger partial charge in [0.25, 0.3) is 5.79 Å². The van der Waals surface area contributed by atoms with Gasteiger partial charge < -0.3 is 9.47 Å². The standard InChI is InChI=1S/C42H80O4/c1-3-5-7-9-11-13-15-17-19-21-23-25-27-29-32-36-40(43)45-42(38-34-31-35-39-42)46-41(44)37-33-30-28-26-24-22-20-18-16-14-12-10-8-6-4-2/h3-39H2,1-2H3. The largest absolute Gasteiger partial charge is 0.422 e. The Labute approximate surface area is 287 Å². The van der Waals surface area contributed by atoms with Crippen molar-refractivity contribution in [3.63, 3.8) is 0 Å². The molecule has 0 aromatic heterocycles. The van der Waals surface area contributed by atoms with E-state index in [-0.39, 0.29) is 11.9 Å². The summed E-state index contributed by atoms with van der Waals surface area (Å²) in [6.07, 6.45) is 44.6. The Morgan fingerprint density at radius 3 is 0.870 bits per heavy atom. The molecular weight excluding hydrogens is 568 g/mol. The van der Waals surface area contributed by atoms with Gasteiger partial charge >= 0.3 is 11.9 Å². The van der Waals surface area contributed by atoms with Crippen LogP contribution in [-0.2, 0) is 19.1 Å². The smallest absolute Gasteiger partial charge is 0.309 e. The van der Waals surface area contributed by atoms with Crippen molar-refractivity contribution in [1.29, 1.82) is 0 Å². The van der Waals surface area contributed by atoms with E-state index < -0.39 is 5.79 Å². The minimum absolute atomic E-state index is 0.184. The summed E-state index contributed by atoms with van der Waals surface area (Å²) in [5.41, 5.74) is 0. The first kappa shape index (κ1) is 43.0. The van der Waals surface area contributed by atoms with Crippen molar-refractivity contribution in [2.24, 2.45) is 0 Å². The molecule has 0 saturated heterocycles. The second-order valence-electron chi connectivity index (χ2n) is 14.8. The van der Waals surface area contributed by atoms with Crippen LogP contribution in [0.15, 0.2) is 0 Å². The van der Waals surface area contributed by atoms with Gasteiger partial charge in [-0.25, -0.2) is 0 Å². The average molecular weight is 649 g/mol. The van der Waals surface area contributed by atoms with E-state index in [1.807, 2.05) is 0 Å². The van der Waals surface area contributed by atoms with Gasteiger partial charge in [0.2, 0.25) is 0 Å². The first-order chi connectivity index (χ1) is 22.6. The zero-order chi connectivity index (χ0) is 33.2. The monoisotopic (exact) mass is 649 g/mol. The minimum Gasteiger partial charge on any atom is -0.422 e. The van der Waals surface area contributed by atoms with Crippen LogP contribution in [0.3, 0.4) is 0 Å². The zero-order valence-electron chi connectivity index (χ0n) is 31.3. The summed E-state index contributed by atoms with van der Waals surface area (Å²) in [7, 11) is 0. The molecule has 1 aliphatic carbocycles. The lowest BCUT2D eigenvalue weighted by Crippen LogP contribution is -2.42. The van der Waals surface area contributed by atoms with Crippen molar-refractivity contribution in [2.45, 2.75) is 257 Å². The fraction of sp³-hybridized carbons (Fsp3) is 0.952. The number of esters is 2. The molecule has 0 heterocycles. The molecule has 0 aromatic rings. The van der Waals surface area contributed by atoms with E-state index in [0.29, 0.717) is 25.7 Å². The van der Waals surface area contributed by atoms with Crippen LogP contribution in [0.25, 0.3) is 0 Å². The Balaban J connectivity index is 2.02. The molecule has 46 heavy (non-hydrogen) atoms. The summed E-state index contributed by atoms with van der Waals surface area (Å²) in [6, 6.07) is 0. The normalized spacial score (nSPS) is 14.4. The van der Waals surface area contributed by atoms with E-state index in [0.717, 1.165) is 44.9 Å². The molecule has 0 spiro atoms. The molecule has 0 atom stereocenters. The van der Waals surface area contributed by atoms with Gasteiger partial charge in [0.1, 0.15) is 0 Å². The molecule has 0 radical (unpaired) electrons. The third-order valence-corrected chi connectivity index (χ3v) is 10.2. The van der Waals surface area contributed by atoms with Gasteiger partial charge in [0.05, 0.1) is 0 Å². The summed E-state index contributed by atoms with van der Waals surface area (Å²) in [5, 5.41) is 0. The number of rotatable bonds is 34. The van der Waals surface area contributed by atoms with Crippen LogP contribution in [0.2, 0.25) is 0 Å². The molecule has 1 rings (SSSR count). The molecule has 0 aromatic carbocycles. The van der Waals surface area contributed by atoms with Gasteiger partial charge in [-0.15, -0.1) is 0 Å². The van der Waals surface area contributed by atoms with Crippen LogP contribution < -0.4 is 0 Å². The lowest BCUT2D eigenvalue weighted by Gasteiger charge is -2.35. The van der Waals surface area contributed by atoms with Crippen LogP contribution in [0.1, 0.15) is 251 Å². The summed E-state index contributed by atoms with van der Waals surface area (Å²) < 4.78 is 11.8. The van der Waals surface area contributed by atoms with Gasteiger partial charge in [-0.2, -0.15) is 0 Å². The number of hydrogen-bond acceptors (Lipinski definition) is 4. The van der Waals surface area contributed by atoms with Gasteiger partial charge in [-0.3, -0.25) is 9.59 Å². The third-order valence-electron chi connectivity index (χ3n) is 10.2. The molecule has 0 unspecified atom stereocenters. The maximum absolute atomic E-state index is 12.7. The maximum atomic E-state index is 12.7. The van der Waals surface area contributed by atoms with Crippen LogP contribution in [0, 0.1) is 0 Å². The quantitative estimate of drug-likeness (QED) is 0.0396. The van der Waals surface area contributed by atoms with Gasteiger partial charge in [0, 0.05) is 25.7 Å². The van der Waals surface area contributed by atoms with Crippen molar-refractivity contribution in [1.82, 2.24) is 0 Å². The fourth-order valence-electron chi connectivity index (χ4n) is 7.11. The van der Waals surface area contributed by atoms with Crippen molar-refractivity contribution >= 4 is 11.9 Å². The first-order valence-electron chi connectivity index (χ1n) is 21.1. The van der Waals surface area contributed by atoms with E-state index in [1.54, 1.807) is 0 Å². The van der Waals surface area contributed by atoms with E-state index in [2.05, 4.69) is 13.8 Å². The molecule has 1 saturated carbocycles. The second kappa shape index (κ2) is 32.5. The molecule has 1 fully saturated rings. The predicted molar refractivity (Wildman–Crippen MR) is 197 cm³/mol. The molecule has 0 N–H and O–H groups in total. The Morgan fingerprint density at radius 1 is 0.370 bits per heavy atom. The van der Waals surface area contributed by atoms with Crippen LogP contribution in [0.5, 0.6) is 0 Å². The van der Waals surface area contributed by atoms with Gasteiger partial charge in [-0.1, -0.05) is 200 Å². The number of carbonyl (C=O) groups is 2. The summed E-state index contributed by atoms with van der Waals surface area (Å²) in [4.78, 5) is 25.5. The number of ether oxygens (including phenoxy) is 2. The third kappa shape index (κ3) is 26.9. The van der Waals surface area contributed by atoms with Gasteiger partial charge in [0.15, 0.2) is 0 Å². The van der Waals surface area contributed by atoms with Crippen LogP contribution in [0.4, 0.5) is 0 Å². The minimum atomic E-state index is -1.00. The summed E-state index contributed by atoms with van der Waals surface area (Å²) in [6.45, 7) is 4.56. The average Bonchev–Trinajstić information content (AvgIpc) is 3.05. The maximum Gasteiger partial charge on any atom is 0.309 e. The molecule has 0 aliphatic heterocycles. The van der Waals surface area contributed by atoms with Gasteiger partial charge in [-0.05, 0) is 25.7 Å². The lowest BCUT2D eigenvalue weighted by atomic mass is 9.94. The van der Waals surface area contributed by atoms with E-state index >= 15 is 0 Å². The SMILES string of the molecule is CCCCCCCCCCCCCCCCCC(=O)OC1(OC(=O)CCCCCCCCCCCCCCCCC)CCCCC1. The van der Waals surface area contributed by atoms with Crippen molar-refractivity contribution in [3.8, 4) is 0 Å². The highest BCUT2D eigenvalue weighted by atomic mass is 16.7. The van der Waals surface area contributed by atoms with Crippen molar-refractivity contribution < 1.29 is 19.1 Å². The molecule has 0 bridgehead atoms. The highest BCUT2D eigenvalue weighted by molar-refractivity contribution is 5.72. The molecule has 0 amide bonds. The Kier molecular flexibility index (Phi) is 30.3. The Hall–Kier alpha value is -1.06. The molecule has 4 nitrogen and oxygen atoms in total. The number of unbranched alkanes of at least 4 members (excludes halogenated alkanes) is 28. The molecular formula is C42H80O4. The van der Waals surface area contributed by atoms with Crippen molar-refractivity contribution in [2.75, 3.05) is 0 Å². The van der Waals surface area contributed by atoms with Crippen LogP contribution in [-0.4, -0.2) is 17.7 Å². The summed E-state index contributed by atoms with van der Waals surface area (Å²) in [5.74, 6) is -1.37. The number of hydrogen-bond donors (Lipinski definition) is 0. The second-order valence-corrected chi connectivity index (χ2v) is 14.8. The summed E-state index contributed by atoms with van der Waals surface area (Å²) >= 11 is 0. The Bertz CT molecular complexity index is 619. The molecule has 4 heteroatoms. The fourth-order valence-corrected chi connectivity index (χ4v) is 7.11.